The van der Waals surface area contributed by atoms with Crippen molar-refractivity contribution in [2.45, 2.75) is 4.83 Å². The summed E-state index contributed by atoms with van der Waals surface area (Å²) >= 11 is 2.99. The summed E-state index contributed by atoms with van der Waals surface area (Å²) in [6.07, 6.45) is 0. The smallest absolute Gasteiger partial charge is 0.327 e. The lowest BCUT2D eigenvalue weighted by atomic mass is 10.1. The van der Waals surface area contributed by atoms with Crippen LogP contribution in [0.5, 0.6) is 11.5 Å². The van der Waals surface area contributed by atoms with Crippen LogP contribution in [0.25, 0.3) is 0 Å². The van der Waals surface area contributed by atoms with Gasteiger partial charge < -0.3 is 9.47 Å². The number of esters is 1. The van der Waals surface area contributed by atoms with Crippen LogP contribution in [0, 0.1) is 5.82 Å². The van der Waals surface area contributed by atoms with Crippen molar-refractivity contribution in [3.63, 3.8) is 0 Å². The van der Waals surface area contributed by atoms with Crippen molar-refractivity contribution in [2.75, 3.05) is 7.11 Å². The summed E-state index contributed by atoms with van der Waals surface area (Å²) in [5, 5.41) is 0. The molecule has 0 aliphatic heterocycles. The summed E-state index contributed by atoms with van der Waals surface area (Å²) in [5.41, 5.74) is 0.346. The molecule has 0 amide bonds. The molecule has 0 aromatic heterocycles. The number of ketones is 1. The number of carbonyl (C=O) groups excluding carboxylic acids is 2. The second-order valence-corrected chi connectivity index (χ2v) is 5.25. The maximum absolute atomic E-state index is 12.8. The Morgan fingerprint density at radius 3 is 2.00 bits per heavy atom. The lowest BCUT2D eigenvalue weighted by Crippen LogP contribution is -2.25. The van der Waals surface area contributed by atoms with Gasteiger partial charge in [-0.15, -0.1) is 0 Å². The molecule has 6 heteroatoms. The normalized spacial score (nSPS) is 11.6. The summed E-state index contributed by atoms with van der Waals surface area (Å²) < 4.78 is 22.8. The number of methoxy groups -OCH3 is 1. The van der Waals surface area contributed by atoms with E-state index in [1.54, 1.807) is 24.3 Å². The molecule has 22 heavy (non-hydrogen) atoms. The molecule has 1 atom stereocenters. The van der Waals surface area contributed by atoms with E-state index in [1.807, 2.05) is 0 Å². The van der Waals surface area contributed by atoms with Gasteiger partial charge in [-0.3, -0.25) is 9.59 Å². The average Bonchev–Trinajstić information content (AvgIpc) is 2.55. The van der Waals surface area contributed by atoms with Gasteiger partial charge >= 0.3 is 5.97 Å². The van der Waals surface area contributed by atoms with Crippen molar-refractivity contribution in [3.8, 4) is 11.5 Å². The van der Waals surface area contributed by atoms with Crippen molar-refractivity contribution in [2.24, 2.45) is 0 Å². The Labute approximate surface area is 135 Å². The second kappa shape index (κ2) is 7.17. The van der Waals surface area contributed by atoms with Crippen LogP contribution < -0.4 is 4.74 Å². The van der Waals surface area contributed by atoms with Crippen LogP contribution in [-0.2, 0) is 9.53 Å². The van der Waals surface area contributed by atoms with Crippen LogP contribution in [-0.4, -0.2) is 23.7 Å². The Morgan fingerprint density at radius 2 is 1.50 bits per heavy atom. The Balaban J connectivity index is 2.08. The number of ether oxygens (including phenoxy) is 2. The van der Waals surface area contributed by atoms with Gasteiger partial charge in [0.1, 0.15) is 17.3 Å². The molecule has 0 spiro atoms. The molecule has 1 unspecified atom stereocenters. The van der Waals surface area contributed by atoms with E-state index >= 15 is 0 Å². The Kier molecular flexibility index (Phi) is 5.27. The van der Waals surface area contributed by atoms with E-state index in [1.165, 1.54) is 31.4 Å². The molecule has 2 aromatic rings. The highest BCUT2D eigenvalue weighted by Crippen LogP contribution is 2.23. The van der Waals surface area contributed by atoms with Crippen LogP contribution >= 0.6 is 15.9 Å². The largest absolute Gasteiger partial charge is 0.468 e. The van der Waals surface area contributed by atoms with Crippen molar-refractivity contribution in [3.05, 3.63) is 59.9 Å². The molecule has 114 valence electrons. The van der Waals surface area contributed by atoms with Crippen LogP contribution in [0.15, 0.2) is 48.5 Å². The number of halogens is 2. The van der Waals surface area contributed by atoms with Crippen LogP contribution in [0.1, 0.15) is 10.4 Å². The molecule has 2 aromatic carbocycles. The van der Waals surface area contributed by atoms with E-state index in [0.717, 1.165) is 0 Å². The van der Waals surface area contributed by atoms with Gasteiger partial charge in [0.05, 0.1) is 7.11 Å². The number of alkyl halides is 1. The molecule has 0 N–H and O–H groups in total. The summed E-state index contributed by atoms with van der Waals surface area (Å²) in [5.74, 6) is -0.433. The minimum absolute atomic E-state index is 0.346. The van der Waals surface area contributed by atoms with E-state index in [2.05, 4.69) is 20.7 Å². The van der Waals surface area contributed by atoms with Crippen LogP contribution in [0.4, 0.5) is 4.39 Å². The highest BCUT2D eigenvalue weighted by molar-refractivity contribution is 9.10. The van der Waals surface area contributed by atoms with Gasteiger partial charge in [-0.2, -0.15) is 0 Å². The fourth-order valence-corrected chi connectivity index (χ4v) is 2.13. The Hall–Kier alpha value is -2.21. The zero-order chi connectivity index (χ0) is 16.1. The summed E-state index contributed by atoms with van der Waals surface area (Å²) in [6.45, 7) is 0. The minimum atomic E-state index is -1.04. The van der Waals surface area contributed by atoms with Gasteiger partial charge in [-0.1, -0.05) is 15.9 Å². The monoisotopic (exact) mass is 366 g/mol. The van der Waals surface area contributed by atoms with E-state index in [4.69, 9.17) is 4.74 Å². The fraction of sp³-hybridized carbons (Fsp3) is 0.125. The molecule has 0 radical (unpaired) electrons. The van der Waals surface area contributed by atoms with Gasteiger partial charge in [0, 0.05) is 5.56 Å². The Bertz CT molecular complexity index is 668. The first-order chi connectivity index (χ1) is 10.5. The summed E-state index contributed by atoms with van der Waals surface area (Å²) in [6, 6.07) is 11.8. The third kappa shape index (κ3) is 3.92. The van der Waals surface area contributed by atoms with Gasteiger partial charge in [0.15, 0.2) is 10.6 Å². The van der Waals surface area contributed by atoms with Crippen LogP contribution in [0.2, 0.25) is 0 Å². The van der Waals surface area contributed by atoms with E-state index in [-0.39, 0.29) is 5.82 Å². The molecule has 0 heterocycles. The summed E-state index contributed by atoms with van der Waals surface area (Å²) in [7, 11) is 1.21. The van der Waals surface area contributed by atoms with Gasteiger partial charge in [0.25, 0.3) is 0 Å². The number of Topliss-reactive ketones (excluding diaryl/α,β-unsaturated/α-hetero) is 1. The first-order valence-corrected chi connectivity index (χ1v) is 7.22. The van der Waals surface area contributed by atoms with Crippen LogP contribution in [0.3, 0.4) is 0 Å². The highest BCUT2D eigenvalue weighted by Gasteiger charge is 2.25. The lowest BCUT2D eigenvalue weighted by molar-refractivity contribution is -0.138. The Morgan fingerprint density at radius 1 is 1.00 bits per heavy atom. The number of hydrogen-bond donors (Lipinski definition) is 0. The number of hydrogen-bond acceptors (Lipinski definition) is 4. The quantitative estimate of drug-likeness (QED) is 0.350. The number of benzene rings is 2. The molecule has 0 bridgehead atoms. The summed E-state index contributed by atoms with van der Waals surface area (Å²) in [4.78, 5) is 22.3. The molecule has 0 aliphatic rings. The molecule has 4 nitrogen and oxygen atoms in total. The molecular weight excluding hydrogens is 355 g/mol. The van der Waals surface area contributed by atoms with Crippen molar-refractivity contribution >= 4 is 27.7 Å². The second-order valence-electron chi connectivity index (χ2n) is 4.33. The third-order valence-electron chi connectivity index (χ3n) is 2.83. The van der Waals surface area contributed by atoms with Gasteiger partial charge in [-0.25, -0.2) is 4.39 Å². The zero-order valence-corrected chi connectivity index (χ0v) is 13.2. The van der Waals surface area contributed by atoms with E-state index in [9.17, 15) is 14.0 Å². The van der Waals surface area contributed by atoms with Gasteiger partial charge in [-0.05, 0) is 48.5 Å². The average molecular weight is 367 g/mol. The lowest BCUT2D eigenvalue weighted by Gasteiger charge is -2.08. The molecule has 0 saturated heterocycles. The molecule has 0 fully saturated rings. The highest BCUT2D eigenvalue weighted by atomic mass is 79.9. The topological polar surface area (TPSA) is 52.6 Å². The SMILES string of the molecule is COC(=O)C(Br)C(=O)c1ccc(Oc2ccc(F)cc2)cc1. The molecule has 0 saturated carbocycles. The fourth-order valence-electron chi connectivity index (χ4n) is 1.68. The maximum Gasteiger partial charge on any atom is 0.327 e. The van der Waals surface area contributed by atoms with E-state index < -0.39 is 16.6 Å². The zero-order valence-electron chi connectivity index (χ0n) is 11.6. The minimum Gasteiger partial charge on any atom is -0.468 e. The molecular formula is C16H12BrFO4. The number of carbonyl (C=O) groups is 2. The standard InChI is InChI=1S/C16H12BrFO4/c1-21-16(20)14(17)15(19)10-2-6-12(7-3-10)22-13-8-4-11(18)5-9-13/h2-9,14H,1H3. The van der Waals surface area contributed by atoms with Crippen molar-refractivity contribution in [1.82, 2.24) is 0 Å². The molecule has 0 aliphatic carbocycles. The van der Waals surface area contributed by atoms with Gasteiger partial charge in [0.2, 0.25) is 0 Å². The third-order valence-corrected chi connectivity index (χ3v) is 3.62. The molecule has 2 rings (SSSR count). The first kappa shape index (κ1) is 16.2. The first-order valence-electron chi connectivity index (χ1n) is 6.31. The predicted molar refractivity (Wildman–Crippen MR) is 82.0 cm³/mol. The predicted octanol–water partition coefficient (Wildman–Crippen LogP) is 3.74. The maximum atomic E-state index is 12.8. The van der Waals surface area contributed by atoms with Crippen molar-refractivity contribution in [1.29, 1.82) is 0 Å². The van der Waals surface area contributed by atoms with Crippen molar-refractivity contribution < 1.29 is 23.5 Å². The van der Waals surface area contributed by atoms with E-state index in [0.29, 0.717) is 17.1 Å². The number of rotatable bonds is 5.